The Morgan fingerprint density at radius 3 is 2.56 bits per heavy atom. The first-order chi connectivity index (χ1) is 7.42. The fraction of sp³-hybridized carbons (Fsp3) is 0.500. The maximum absolute atomic E-state index is 12.0. The van der Waals surface area contributed by atoms with E-state index in [0.717, 1.165) is 0 Å². The number of nitrogens with zero attached hydrogens (tertiary/aromatic N) is 1. The van der Waals surface area contributed by atoms with Gasteiger partial charge in [0.05, 0.1) is 7.11 Å². The van der Waals surface area contributed by atoms with Crippen molar-refractivity contribution >= 4 is 0 Å². The largest absolute Gasteiger partial charge is 0.481 e. The molecule has 1 rings (SSSR count). The fourth-order valence-corrected chi connectivity index (χ4v) is 1.22. The minimum atomic E-state index is -4.17. The van der Waals surface area contributed by atoms with Crippen LogP contribution in [0.15, 0.2) is 18.3 Å². The Bertz CT molecular complexity index is 324. The molecule has 0 aliphatic rings. The molecule has 6 heteroatoms. The number of hydrogen-bond acceptors (Lipinski definition) is 3. The van der Waals surface area contributed by atoms with Gasteiger partial charge in [-0.2, -0.15) is 13.2 Å². The van der Waals surface area contributed by atoms with Gasteiger partial charge in [-0.05, 0) is 12.0 Å². The zero-order valence-electron chi connectivity index (χ0n) is 8.79. The van der Waals surface area contributed by atoms with E-state index in [4.69, 9.17) is 10.5 Å². The summed E-state index contributed by atoms with van der Waals surface area (Å²) in [5.41, 5.74) is 6.19. The van der Waals surface area contributed by atoms with Crippen LogP contribution >= 0.6 is 0 Å². The summed E-state index contributed by atoms with van der Waals surface area (Å²) in [4.78, 5) is 3.88. The average Bonchev–Trinajstić information content (AvgIpc) is 2.25. The number of rotatable bonds is 4. The van der Waals surface area contributed by atoms with Crippen LogP contribution in [0.2, 0.25) is 0 Å². The van der Waals surface area contributed by atoms with Crippen LogP contribution in [0.3, 0.4) is 0 Å². The van der Waals surface area contributed by atoms with Crippen LogP contribution in [0, 0.1) is 0 Å². The molecule has 0 aromatic carbocycles. The first kappa shape index (κ1) is 12.8. The first-order valence-corrected chi connectivity index (χ1v) is 4.74. The molecule has 1 aromatic heterocycles. The minimum Gasteiger partial charge on any atom is -0.481 e. The van der Waals surface area contributed by atoms with Crippen LogP contribution in [0.5, 0.6) is 5.88 Å². The Kier molecular flexibility index (Phi) is 4.12. The molecular weight excluding hydrogens is 221 g/mol. The van der Waals surface area contributed by atoms with E-state index >= 15 is 0 Å². The molecule has 1 heterocycles. The number of methoxy groups -OCH3 is 1. The summed E-state index contributed by atoms with van der Waals surface area (Å²) in [5, 5.41) is 0. The van der Waals surface area contributed by atoms with Crippen molar-refractivity contribution in [2.75, 3.05) is 7.11 Å². The fourth-order valence-electron chi connectivity index (χ4n) is 1.22. The van der Waals surface area contributed by atoms with Crippen molar-refractivity contribution in [3.05, 3.63) is 23.9 Å². The quantitative estimate of drug-likeness (QED) is 0.870. The van der Waals surface area contributed by atoms with E-state index in [1.807, 2.05) is 0 Å². The lowest BCUT2D eigenvalue weighted by Gasteiger charge is -2.13. The third-order valence-corrected chi connectivity index (χ3v) is 2.14. The predicted molar refractivity (Wildman–Crippen MR) is 53.0 cm³/mol. The lowest BCUT2D eigenvalue weighted by atomic mass is 10.1. The molecule has 90 valence electrons. The Hall–Kier alpha value is -1.30. The van der Waals surface area contributed by atoms with Crippen molar-refractivity contribution in [2.24, 2.45) is 5.73 Å². The van der Waals surface area contributed by atoms with E-state index in [1.165, 1.54) is 13.3 Å². The first-order valence-electron chi connectivity index (χ1n) is 4.74. The molecule has 0 radical (unpaired) electrons. The second-order valence-corrected chi connectivity index (χ2v) is 3.39. The highest BCUT2D eigenvalue weighted by molar-refractivity contribution is 5.20. The van der Waals surface area contributed by atoms with Crippen molar-refractivity contribution in [2.45, 2.75) is 25.1 Å². The summed E-state index contributed by atoms with van der Waals surface area (Å²) in [6, 6.07) is 2.54. The van der Waals surface area contributed by atoms with Crippen LogP contribution in [-0.4, -0.2) is 18.3 Å². The summed E-state index contributed by atoms with van der Waals surface area (Å²) in [6.07, 6.45) is -3.77. The molecular formula is C10H13F3N2O. The van der Waals surface area contributed by atoms with E-state index in [1.54, 1.807) is 12.1 Å². The number of ether oxygens (including phenoxy) is 1. The molecule has 1 atom stereocenters. The zero-order chi connectivity index (χ0) is 12.2. The molecule has 0 aliphatic carbocycles. The molecule has 0 bridgehead atoms. The lowest BCUT2D eigenvalue weighted by molar-refractivity contribution is -0.136. The normalized spacial score (nSPS) is 13.6. The summed E-state index contributed by atoms with van der Waals surface area (Å²) >= 11 is 0. The summed E-state index contributed by atoms with van der Waals surface area (Å²) in [6.45, 7) is 0. The van der Waals surface area contributed by atoms with Gasteiger partial charge in [0, 0.05) is 24.7 Å². The van der Waals surface area contributed by atoms with E-state index in [-0.39, 0.29) is 6.42 Å². The van der Waals surface area contributed by atoms with Crippen molar-refractivity contribution in [1.82, 2.24) is 4.98 Å². The predicted octanol–water partition coefficient (Wildman–Crippen LogP) is 2.43. The lowest BCUT2D eigenvalue weighted by Crippen LogP contribution is -2.15. The number of alkyl halides is 3. The second-order valence-electron chi connectivity index (χ2n) is 3.39. The maximum Gasteiger partial charge on any atom is 0.389 e. The molecule has 0 fully saturated rings. The Morgan fingerprint density at radius 1 is 1.44 bits per heavy atom. The smallest absolute Gasteiger partial charge is 0.389 e. The molecule has 0 saturated carbocycles. The molecule has 3 nitrogen and oxygen atoms in total. The molecule has 0 spiro atoms. The Labute approximate surface area is 91.4 Å². The summed E-state index contributed by atoms with van der Waals surface area (Å²) in [5.74, 6) is 0.409. The Morgan fingerprint density at radius 2 is 2.12 bits per heavy atom. The molecule has 2 N–H and O–H groups in total. The zero-order valence-corrected chi connectivity index (χ0v) is 8.79. The van der Waals surface area contributed by atoms with Crippen LogP contribution in [0.4, 0.5) is 13.2 Å². The van der Waals surface area contributed by atoms with Crippen molar-refractivity contribution in [3.63, 3.8) is 0 Å². The van der Waals surface area contributed by atoms with E-state index in [9.17, 15) is 13.2 Å². The van der Waals surface area contributed by atoms with Crippen LogP contribution in [0.1, 0.15) is 24.4 Å². The SMILES string of the molecule is COc1ccc([C@@H](N)CCC(F)(F)F)cn1. The number of pyridine rings is 1. The van der Waals surface area contributed by atoms with Crippen molar-refractivity contribution in [1.29, 1.82) is 0 Å². The van der Waals surface area contributed by atoms with Gasteiger partial charge in [-0.3, -0.25) is 0 Å². The molecule has 0 saturated heterocycles. The van der Waals surface area contributed by atoms with E-state index < -0.39 is 18.6 Å². The van der Waals surface area contributed by atoms with Gasteiger partial charge in [0.25, 0.3) is 0 Å². The number of nitrogens with two attached hydrogens (primary N) is 1. The van der Waals surface area contributed by atoms with Gasteiger partial charge in [0.15, 0.2) is 0 Å². The molecule has 16 heavy (non-hydrogen) atoms. The second kappa shape index (κ2) is 5.16. The van der Waals surface area contributed by atoms with Gasteiger partial charge in [0.2, 0.25) is 5.88 Å². The summed E-state index contributed by atoms with van der Waals surface area (Å²) < 4.78 is 40.7. The highest BCUT2D eigenvalue weighted by Crippen LogP contribution is 2.26. The van der Waals surface area contributed by atoms with Gasteiger partial charge < -0.3 is 10.5 Å². The van der Waals surface area contributed by atoms with Crippen LogP contribution < -0.4 is 10.5 Å². The van der Waals surface area contributed by atoms with Gasteiger partial charge in [0.1, 0.15) is 0 Å². The standard InChI is InChI=1S/C10H13F3N2O/c1-16-9-3-2-7(6-15-9)8(14)4-5-10(11,12)13/h2-3,6,8H,4-5,14H2,1H3/t8-/m0/s1. The Balaban J connectivity index is 2.56. The highest BCUT2D eigenvalue weighted by Gasteiger charge is 2.27. The van der Waals surface area contributed by atoms with Crippen LogP contribution in [0.25, 0.3) is 0 Å². The molecule has 1 aromatic rings. The van der Waals surface area contributed by atoms with E-state index in [2.05, 4.69) is 4.98 Å². The topological polar surface area (TPSA) is 48.1 Å². The van der Waals surface area contributed by atoms with Gasteiger partial charge in [-0.1, -0.05) is 6.07 Å². The maximum atomic E-state index is 12.0. The van der Waals surface area contributed by atoms with Gasteiger partial charge in [-0.25, -0.2) is 4.98 Å². The highest BCUT2D eigenvalue weighted by atomic mass is 19.4. The van der Waals surface area contributed by atoms with Crippen molar-refractivity contribution < 1.29 is 17.9 Å². The monoisotopic (exact) mass is 234 g/mol. The molecule has 0 aliphatic heterocycles. The van der Waals surface area contributed by atoms with Gasteiger partial charge in [-0.15, -0.1) is 0 Å². The number of aromatic nitrogens is 1. The summed E-state index contributed by atoms with van der Waals surface area (Å²) in [7, 11) is 1.46. The number of hydrogen-bond donors (Lipinski definition) is 1. The third-order valence-electron chi connectivity index (χ3n) is 2.14. The number of halogens is 3. The van der Waals surface area contributed by atoms with Crippen LogP contribution in [-0.2, 0) is 0 Å². The average molecular weight is 234 g/mol. The van der Waals surface area contributed by atoms with E-state index in [0.29, 0.717) is 11.4 Å². The minimum absolute atomic E-state index is 0.141. The molecule has 0 unspecified atom stereocenters. The molecule has 0 amide bonds. The third kappa shape index (κ3) is 4.06. The van der Waals surface area contributed by atoms with Gasteiger partial charge >= 0.3 is 6.18 Å². The van der Waals surface area contributed by atoms with Crippen molar-refractivity contribution in [3.8, 4) is 5.88 Å².